The van der Waals surface area contributed by atoms with Crippen LogP contribution in [0.1, 0.15) is 12.8 Å². The second-order valence-corrected chi connectivity index (χ2v) is 9.11. The number of benzene rings is 2. The van der Waals surface area contributed by atoms with Gasteiger partial charge in [0.1, 0.15) is 5.82 Å². The molecule has 6 nitrogen and oxygen atoms in total. The van der Waals surface area contributed by atoms with Crippen LogP contribution in [0.25, 0.3) is 22.4 Å². The first kappa shape index (κ1) is 20.6. The Hall–Kier alpha value is -2.28. The number of aromatic nitrogens is 2. The summed E-state index contributed by atoms with van der Waals surface area (Å²) >= 11 is 12.6. The van der Waals surface area contributed by atoms with Gasteiger partial charge in [-0.2, -0.15) is 0 Å². The number of carbonyl (C=O) groups excluding carboxylic acids is 1. The highest BCUT2D eigenvalue weighted by molar-refractivity contribution is 6.33. The number of amides is 1. The molecule has 162 valence electrons. The first-order valence-corrected chi connectivity index (χ1v) is 11.5. The summed E-state index contributed by atoms with van der Waals surface area (Å²) in [5, 5.41) is 1.33. The van der Waals surface area contributed by atoms with Gasteiger partial charge in [0.05, 0.1) is 22.6 Å². The molecule has 0 radical (unpaired) electrons. The van der Waals surface area contributed by atoms with Crippen LogP contribution in [0.3, 0.4) is 0 Å². The standard InChI is InChI=1S/C23H25Cl2N5O/c24-16-3-6-20-21(13-16)27-23(26-20)18-14-17(4-5-19(18)25)29-11-9-28(10-12-29)15-22(31)30-7-1-2-8-30/h3-6,13-14H,1-2,7-12,15H2,(H,26,27). The lowest BCUT2D eigenvalue weighted by Crippen LogP contribution is -2.49. The Morgan fingerprint density at radius 2 is 1.74 bits per heavy atom. The van der Waals surface area contributed by atoms with Gasteiger partial charge in [-0.1, -0.05) is 23.2 Å². The Bertz CT molecular complexity index is 1100. The van der Waals surface area contributed by atoms with Crippen molar-refractivity contribution in [2.45, 2.75) is 12.8 Å². The van der Waals surface area contributed by atoms with Gasteiger partial charge in [0.2, 0.25) is 5.91 Å². The van der Waals surface area contributed by atoms with E-state index >= 15 is 0 Å². The van der Waals surface area contributed by atoms with E-state index in [0.717, 1.165) is 80.2 Å². The van der Waals surface area contributed by atoms with E-state index in [4.69, 9.17) is 23.2 Å². The third-order valence-corrected chi connectivity index (χ3v) is 6.77. The SMILES string of the molecule is O=C(CN1CCN(c2ccc(Cl)c(-c3nc4ccc(Cl)cc4[nH]3)c2)CC1)N1CCCC1. The normalized spacial score (nSPS) is 17.6. The highest BCUT2D eigenvalue weighted by Crippen LogP contribution is 2.32. The van der Waals surface area contributed by atoms with Crippen molar-refractivity contribution in [3.8, 4) is 11.4 Å². The molecule has 1 N–H and O–H groups in total. The van der Waals surface area contributed by atoms with Crippen molar-refractivity contribution in [3.05, 3.63) is 46.4 Å². The lowest BCUT2D eigenvalue weighted by molar-refractivity contribution is -0.131. The molecule has 31 heavy (non-hydrogen) atoms. The molecule has 2 aliphatic rings. The van der Waals surface area contributed by atoms with Crippen LogP contribution in [0.2, 0.25) is 10.0 Å². The van der Waals surface area contributed by atoms with Crippen LogP contribution in [-0.4, -0.2) is 71.5 Å². The van der Waals surface area contributed by atoms with Crippen molar-refractivity contribution in [2.75, 3.05) is 50.7 Å². The van der Waals surface area contributed by atoms with E-state index in [-0.39, 0.29) is 5.91 Å². The van der Waals surface area contributed by atoms with E-state index in [2.05, 4.69) is 31.9 Å². The third-order valence-electron chi connectivity index (χ3n) is 6.20. The maximum absolute atomic E-state index is 12.4. The molecule has 3 heterocycles. The minimum Gasteiger partial charge on any atom is -0.369 e. The number of piperazine rings is 1. The van der Waals surface area contributed by atoms with Gasteiger partial charge in [-0.15, -0.1) is 0 Å². The summed E-state index contributed by atoms with van der Waals surface area (Å²) in [5.41, 5.74) is 3.74. The van der Waals surface area contributed by atoms with Crippen LogP contribution >= 0.6 is 23.2 Å². The number of fused-ring (bicyclic) bond motifs is 1. The summed E-state index contributed by atoms with van der Waals surface area (Å²) in [4.78, 5) is 27.1. The number of nitrogens with zero attached hydrogens (tertiary/aromatic N) is 4. The zero-order chi connectivity index (χ0) is 21.4. The largest absolute Gasteiger partial charge is 0.369 e. The molecule has 1 aromatic heterocycles. The Balaban J connectivity index is 1.28. The van der Waals surface area contributed by atoms with Gasteiger partial charge in [0, 0.05) is 55.5 Å². The van der Waals surface area contributed by atoms with Gasteiger partial charge in [-0.3, -0.25) is 9.69 Å². The zero-order valence-electron chi connectivity index (χ0n) is 17.3. The third kappa shape index (κ3) is 4.38. The van der Waals surface area contributed by atoms with Crippen LogP contribution in [0, 0.1) is 0 Å². The number of hydrogen-bond acceptors (Lipinski definition) is 4. The summed E-state index contributed by atoms with van der Waals surface area (Å²) in [6, 6.07) is 11.7. The number of carbonyl (C=O) groups is 1. The number of H-pyrrole nitrogens is 1. The van der Waals surface area contributed by atoms with E-state index in [1.165, 1.54) is 0 Å². The van der Waals surface area contributed by atoms with Crippen molar-refractivity contribution in [2.24, 2.45) is 0 Å². The topological polar surface area (TPSA) is 55.5 Å². The molecule has 0 atom stereocenters. The van der Waals surface area contributed by atoms with E-state index in [0.29, 0.717) is 16.6 Å². The number of rotatable bonds is 4. The molecule has 5 rings (SSSR count). The monoisotopic (exact) mass is 457 g/mol. The van der Waals surface area contributed by atoms with Crippen LogP contribution < -0.4 is 4.90 Å². The van der Waals surface area contributed by atoms with E-state index < -0.39 is 0 Å². The van der Waals surface area contributed by atoms with Crippen molar-refractivity contribution in [1.29, 1.82) is 0 Å². The van der Waals surface area contributed by atoms with E-state index in [9.17, 15) is 4.79 Å². The predicted octanol–water partition coefficient (Wildman–Crippen LogP) is 4.28. The number of anilines is 1. The second kappa shape index (κ2) is 8.69. The summed E-state index contributed by atoms with van der Waals surface area (Å²) in [5.74, 6) is 1.00. The fraction of sp³-hybridized carbons (Fsp3) is 0.391. The quantitative estimate of drug-likeness (QED) is 0.634. The molecule has 0 spiro atoms. The number of imidazole rings is 1. The maximum atomic E-state index is 12.4. The highest BCUT2D eigenvalue weighted by atomic mass is 35.5. The zero-order valence-corrected chi connectivity index (χ0v) is 18.8. The molecule has 2 aliphatic heterocycles. The minimum atomic E-state index is 0.268. The molecule has 2 saturated heterocycles. The summed E-state index contributed by atoms with van der Waals surface area (Å²) < 4.78 is 0. The Labute approximate surface area is 191 Å². The van der Waals surface area contributed by atoms with Crippen molar-refractivity contribution < 1.29 is 4.79 Å². The summed E-state index contributed by atoms with van der Waals surface area (Å²) in [7, 11) is 0. The van der Waals surface area contributed by atoms with Gasteiger partial charge in [-0.05, 0) is 49.2 Å². The second-order valence-electron chi connectivity index (χ2n) is 8.26. The molecule has 1 amide bonds. The average Bonchev–Trinajstić information content (AvgIpc) is 3.44. The van der Waals surface area contributed by atoms with Crippen molar-refractivity contribution >= 4 is 45.8 Å². The van der Waals surface area contributed by atoms with Crippen LogP contribution in [0.4, 0.5) is 5.69 Å². The average molecular weight is 458 g/mol. The van der Waals surface area contributed by atoms with E-state index in [1.807, 2.05) is 29.2 Å². The molecule has 2 aromatic carbocycles. The van der Waals surface area contributed by atoms with Crippen LogP contribution in [0.15, 0.2) is 36.4 Å². The minimum absolute atomic E-state index is 0.268. The number of likely N-dealkylation sites (tertiary alicyclic amines) is 1. The highest BCUT2D eigenvalue weighted by Gasteiger charge is 2.24. The molecular formula is C23H25Cl2N5O. The first-order valence-electron chi connectivity index (χ1n) is 10.8. The van der Waals surface area contributed by atoms with E-state index in [1.54, 1.807) is 0 Å². The fourth-order valence-corrected chi connectivity index (χ4v) is 4.80. The van der Waals surface area contributed by atoms with Gasteiger partial charge >= 0.3 is 0 Å². The number of hydrogen-bond donors (Lipinski definition) is 1. The summed E-state index contributed by atoms with van der Waals surface area (Å²) in [6.45, 7) is 5.87. The van der Waals surface area contributed by atoms with Gasteiger partial charge < -0.3 is 14.8 Å². The van der Waals surface area contributed by atoms with Crippen molar-refractivity contribution in [1.82, 2.24) is 19.8 Å². The molecule has 3 aromatic rings. The Kier molecular flexibility index (Phi) is 5.78. The number of halogens is 2. The Morgan fingerprint density at radius 1 is 0.968 bits per heavy atom. The molecular weight excluding hydrogens is 433 g/mol. The molecule has 0 unspecified atom stereocenters. The smallest absolute Gasteiger partial charge is 0.236 e. The molecule has 2 fully saturated rings. The maximum Gasteiger partial charge on any atom is 0.236 e. The lowest BCUT2D eigenvalue weighted by atomic mass is 10.1. The number of nitrogens with one attached hydrogen (secondary N) is 1. The van der Waals surface area contributed by atoms with Gasteiger partial charge in [-0.25, -0.2) is 4.98 Å². The number of aromatic amines is 1. The molecule has 0 aliphatic carbocycles. The van der Waals surface area contributed by atoms with Crippen LogP contribution in [0.5, 0.6) is 0 Å². The Morgan fingerprint density at radius 3 is 2.52 bits per heavy atom. The molecule has 0 bridgehead atoms. The molecule has 8 heteroatoms. The van der Waals surface area contributed by atoms with Gasteiger partial charge in [0.25, 0.3) is 0 Å². The molecule has 0 saturated carbocycles. The first-order chi connectivity index (χ1) is 15.1. The van der Waals surface area contributed by atoms with Crippen LogP contribution in [-0.2, 0) is 4.79 Å². The predicted molar refractivity (Wildman–Crippen MR) is 126 cm³/mol. The lowest BCUT2D eigenvalue weighted by Gasteiger charge is -2.36. The fourth-order valence-electron chi connectivity index (χ4n) is 4.42. The van der Waals surface area contributed by atoms with Gasteiger partial charge in [0.15, 0.2) is 0 Å². The van der Waals surface area contributed by atoms with Crippen molar-refractivity contribution in [3.63, 3.8) is 0 Å². The summed E-state index contributed by atoms with van der Waals surface area (Å²) in [6.07, 6.45) is 2.27.